The van der Waals surface area contributed by atoms with E-state index in [4.69, 9.17) is 4.74 Å². The van der Waals surface area contributed by atoms with Gasteiger partial charge in [-0.1, -0.05) is 6.42 Å². The summed E-state index contributed by atoms with van der Waals surface area (Å²) in [6.07, 6.45) is 7.35. The fraction of sp³-hybridized carbons (Fsp3) is 0.737. The van der Waals surface area contributed by atoms with Crippen LogP contribution in [0.5, 0.6) is 0 Å². The maximum Gasteiger partial charge on any atom is 0.353 e. The van der Waals surface area contributed by atoms with Crippen molar-refractivity contribution in [3.63, 3.8) is 0 Å². The van der Waals surface area contributed by atoms with Crippen LogP contribution in [-0.2, 0) is 9.53 Å². The zero-order valence-electron chi connectivity index (χ0n) is 16.2. The van der Waals surface area contributed by atoms with Crippen molar-refractivity contribution in [3.05, 3.63) is 16.4 Å². The standard InChI is InChI=1S/C19H27N5O4/c1-2-28-19(25)13-5-7-23(8-6-13)18-16(24(26)27)17(20-11-21-18)22-15-10-12-3-4-14(15)9-12/h11-15H,2-10H2,1H3,(H,20,21,22). The van der Waals surface area contributed by atoms with Crippen molar-refractivity contribution in [1.82, 2.24) is 9.97 Å². The molecular formula is C19H27N5O4. The van der Waals surface area contributed by atoms with Crippen LogP contribution in [0.2, 0.25) is 0 Å². The maximum atomic E-state index is 11.9. The lowest BCUT2D eigenvalue weighted by Crippen LogP contribution is -2.38. The second-order valence-corrected chi connectivity index (χ2v) is 8.09. The van der Waals surface area contributed by atoms with Crippen molar-refractivity contribution in [2.45, 2.75) is 51.5 Å². The third-order valence-electron chi connectivity index (χ3n) is 6.46. The van der Waals surface area contributed by atoms with Crippen LogP contribution in [0.4, 0.5) is 17.3 Å². The van der Waals surface area contributed by atoms with Crippen molar-refractivity contribution in [2.24, 2.45) is 17.8 Å². The summed E-state index contributed by atoms with van der Waals surface area (Å²) in [5.41, 5.74) is -0.0557. The summed E-state index contributed by atoms with van der Waals surface area (Å²) >= 11 is 0. The highest BCUT2D eigenvalue weighted by molar-refractivity contribution is 5.74. The number of hydrogen-bond donors (Lipinski definition) is 1. The molecule has 4 rings (SSSR count). The second-order valence-electron chi connectivity index (χ2n) is 8.09. The van der Waals surface area contributed by atoms with Crippen LogP contribution < -0.4 is 10.2 Å². The molecule has 9 nitrogen and oxygen atoms in total. The monoisotopic (exact) mass is 389 g/mol. The zero-order chi connectivity index (χ0) is 19.7. The summed E-state index contributed by atoms with van der Waals surface area (Å²) in [7, 11) is 0. The first-order valence-corrected chi connectivity index (χ1v) is 10.2. The van der Waals surface area contributed by atoms with Gasteiger partial charge in [-0.2, -0.15) is 0 Å². The Hall–Kier alpha value is -2.45. The van der Waals surface area contributed by atoms with Crippen molar-refractivity contribution in [3.8, 4) is 0 Å². The van der Waals surface area contributed by atoms with Crippen LogP contribution in [-0.4, -0.2) is 46.6 Å². The number of ether oxygens (including phenoxy) is 1. The number of rotatable bonds is 6. The quantitative estimate of drug-likeness (QED) is 0.449. The average Bonchev–Trinajstić information content (AvgIpc) is 3.31. The van der Waals surface area contributed by atoms with Gasteiger partial charge in [-0.25, -0.2) is 9.97 Å². The molecule has 3 fully saturated rings. The van der Waals surface area contributed by atoms with E-state index in [1.807, 2.05) is 4.90 Å². The van der Waals surface area contributed by atoms with Crippen LogP contribution in [0.3, 0.4) is 0 Å². The number of aromatic nitrogens is 2. The van der Waals surface area contributed by atoms with E-state index in [1.54, 1.807) is 6.92 Å². The number of anilines is 2. The molecule has 0 aromatic carbocycles. The third-order valence-corrected chi connectivity index (χ3v) is 6.46. The van der Waals surface area contributed by atoms with Gasteiger partial charge in [0.05, 0.1) is 17.4 Å². The predicted molar refractivity (Wildman–Crippen MR) is 103 cm³/mol. The Bertz CT molecular complexity index is 750. The zero-order valence-corrected chi connectivity index (χ0v) is 16.2. The summed E-state index contributed by atoms with van der Waals surface area (Å²) < 4.78 is 5.10. The van der Waals surface area contributed by atoms with E-state index >= 15 is 0 Å². The van der Waals surface area contributed by atoms with Gasteiger partial charge in [0.15, 0.2) is 0 Å². The lowest BCUT2D eigenvalue weighted by Gasteiger charge is -2.31. The van der Waals surface area contributed by atoms with E-state index in [2.05, 4.69) is 15.3 Å². The molecule has 1 aliphatic heterocycles. The van der Waals surface area contributed by atoms with Gasteiger partial charge in [-0.3, -0.25) is 14.9 Å². The van der Waals surface area contributed by atoms with Gasteiger partial charge < -0.3 is 15.0 Å². The van der Waals surface area contributed by atoms with E-state index < -0.39 is 0 Å². The van der Waals surface area contributed by atoms with Crippen LogP contribution in [0.15, 0.2) is 6.33 Å². The molecule has 0 spiro atoms. The van der Waals surface area contributed by atoms with Crippen molar-refractivity contribution in [1.29, 1.82) is 0 Å². The molecular weight excluding hydrogens is 362 g/mol. The first-order chi connectivity index (χ1) is 13.6. The number of fused-ring (bicyclic) bond motifs is 2. The lowest BCUT2D eigenvalue weighted by molar-refractivity contribution is -0.383. The molecule has 2 saturated carbocycles. The molecule has 3 aliphatic rings. The molecule has 3 unspecified atom stereocenters. The Labute approximate surface area is 164 Å². The van der Waals surface area contributed by atoms with Gasteiger partial charge in [-0.15, -0.1) is 0 Å². The summed E-state index contributed by atoms with van der Waals surface area (Å²) in [5.74, 6) is 1.66. The molecule has 0 amide bonds. The Kier molecular flexibility index (Phi) is 5.32. The molecule has 1 aromatic heterocycles. The first kappa shape index (κ1) is 18.9. The van der Waals surface area contributed by atoms with Crippen LogP contribution in [0, 0.1) is 27.9 Å². The molecule has 1 aromatic rings. The fourth-order valence-corrected chi connectivity index (χ4v) is 5.06. The Balaban J connectivity index is 1.50. The summed E-state index contributed by atoms with van der Waals surface area (Å²) in [5, 5.41) is 15.2. The molecule has 1 saturated heterocycles. The van der Waals surface area contributed by atoms with E-state index in [0.29, 0.717) is 50.1 Å². The molecule has 3 atom stereocenters. The Morgan fingerprint density at radius 1 is 1.29 bits per heavy atom. The van der Waals surface area contributed by atoms with Crippen molar-refractivity contribution in [2.75, 3.05) is 29.9 Å². The highest BCUT2D eigenvalue weighted by Crippen LogP contribution is 2.46. The molecule has 152 valence electrons. The number of carbonyl (C=O) groups excluding carboxylic acids is 1. The summed E-state index contributed by atoms with van der Waals surface area (Å²) in [6, 6.07) is 0.259. The van der Waals surface area contributed by atoms with Gasteiger partial charge in [-0.05, 0) is 50.9 Å². The van der Waals surface area contributed by atoms with Gasteiger partial charge in [0, 0.05) is 19.1 Å². The van der Waals surface area contributed by atoms with E-state index in [0.717, 1.165) is 12.3 Å². The lowest BCUT2D eigenvalue weighted by atomic mass is 9.95. The number of nitrogens with one attached hydrogen (secondary N) is 1. The van der Waals surface area contributed by atoms with Gasteiger partial charge in [0.2, 0.25) is 11.6 Å². The molecule has 2 heterocycles. The molecule has 2 aliphatic carbocycles. The van der Waals surface area contributed by atoms with E-state index in [1.165, 1.54) is 25.6 Å². The largest absolute Gasteiger partial charge is 0.466 e. The number of piperidine rings is 1. The van der Waals surface area contributed by atoms with Crippen LogP contribution >= 0.6 is 0 Å². The number of nitro groups is 1. The molecule has 9 heteroatoms. The number of hydrogen-bond acceptors (Lipinski definition) is 8. The first-order valence-electron chi connectivity index (χ1n) is 10.2. The van der Waals surface area contributed by atoms with Gasteiger partial charge in [0.1, 0.15) is 6.33 Å². The highest BCUT2D eigenvalue weighted by Gasteiger charge is 2.41. The molecule has 1 N–H and O–H groups in total. The minimum atomic E-state index is -0.387. The Morgan fingerprint density at radius 2 is 2.07 bits per heavy atom. The molecule has 0 radical (unpaired) electrons. The van der Waals surface area contributed by atoms with Crippen LogP contribution in [0.25, 0.3) is 0 Å². The minimum absolute atomic E-state index is 0.0557. The van der Waals surface area contributed by atoms with E-state index in [9.17, 15) is 14.9 Å². The molecule has 28 heavy (non-hydrogen) atoms. The second kappa shape index (κ2) is 7.89. The number of esters is 1. The van der Waals surface area contributed by atoms with Crippen molar-refractivity contribution >= 4 is 23.3 Å². The SMILES string of the molecule is CCOC(=O)C1CCN(c2ncnc(NC3CC4CCC3C4)c2[N+](=O)[O-])CC1. The van der Waals surface area contributed by atoms with Gasteiger partial charge >= 0.3 is 11.7 Å². The highest BCUT2D eigenvalue weighted by atomic mass is 16.6. The van der Waals surface area contributed by atoms with Gasteiger partial charge in [0.25, 0.3) is 0 Å². The third kappa shape index (κ3) is 3.62. The molecule has 2 bridgehead atoms. The normalized spacial score (nSPS) is 27.0. The summed E-state index contributed by atoms with van der Waals surface area (Å²) in [4.78, 5) is 33.7. The number of carbonyl (C=O) groups is 1. The summed E-state index contributed by atoms with van der Waals surface area (Å²) in [6.45, 7) is 3.24. The van der Waals surface area contributed by atoms with Crippen molar-refractivity contribution < 1.29 is 14.5 Å². The minimum Gasteiger partial charge on any atom is -0.466 e. The topological polar surface area (TPSA) is 110 Å². The van der Waals surface area contributed by atoms with E-state index in [-0.39, 0.29) is 28.5 Å². The fourth-order valence-electron chi connectivity index (χ4n) is 5.06. The average molecular weight is 389 g/mol. The van der Waals surface area contributed by atoms with Crippen LogP contribution in [0.1, 0.15) is 45.4 Å². The predicted octanol–water partition coefficient (Wildman–Crippen LogP) is 2.76. The smallest absolute Gasteiger partial charge is 0.353 e. The Morgan fingerprint density at radius 3 is 2.68 bits per heavy atom. The maximum absolute atomic E-state index is 11.9. The number of nitrogens with zero attached hydrogens (tertiary/aromatic N) is 4.